The van der Waals surface area contributed by atoms with Gasteiger partial charge in [0.15, 0.2) is 12.1 Å². The highest BCUT2D eigenvalue weighted by atomic mass is 16.6. The molecule has 19 atom stereocenters. The summed E-state index contributed by atoms with van der Waals surface area (Å²) in [5.74, 6) is -2.26. The molecule has 0 spiro atoms. The number of ketones is 1. The summed E-state index contributed by atoms with van der Waals surface area (Å²) in [6, 6.07) is 15.0. The summed E-state index contributed by atoms with van der Waals surface area (Å²) in [5, 5.41) is 22.5. The summed E-state index contributed by atoms with van der Waals surface area (Å²) >= 11 is 0. The smallest absolute Gasteiger partial charge is 0.408 e. The van der Waals surface area contributed by atoms with Gasteiger partial charge in [-0.15, -0.1) is 0 Å². The first-order valence-electron chi connectivity index (χ1n) is 41.1. The number of esters is 4. The maximum absolute atomic E-state index is 15.8. The molecule has 110 heavy (non-hydrogen) atoms. The zero-order valence-corrected chi connectivity index (χ0v) is 69.0. The molecule has 610 valence electrons. The molecule has 10 rings (SSSR count). The van der Waals surface area contributed by atoms with Gasteiger partial charge in [0, 0.05) is 49.6 Å². The lowest BCUT2D eigenvalue weighted by molar-refractivity contribution is -0.882. The van der Waals surface area contributed by atoms with E-state index in [1.807, 2.05) is 6.92 Å². The number of carbonyl (C=O) groups is 8. The van der Waals surface area contributed by atoms with E-state index in [0.29, 0.717) is 52.7 Å². The van der Waals surface area contributed by atoms with Crippen LogP contribution in [0, 0.1) is 74.9 Å². The molecular weight excluding hydrogens is 1400 g/mol. The Morgan fingerprint density at radius 3 is 2.08 bits per heavy atom. The Kier molecular flexibility index (Phi) is 27.4. The standard InChI is InChI=1S/C88H130N4O18/c1-54(2)25-24-26-55(3)65-33-34-66-64-32-31-62-50-63(37-39-84(62,13)67(64)38-40-85(65,66)14)104-46-43-92(16,17)52-71(95)90-42-45-103-48-47-102-44-41-89-70(94)35-36-72(96)107-75(74(60-27-20-18-21-28-60)91-81(100)110-82(8,9)10)80(99)106-68-51-88(101)78(108-79(98)61-29-22-19-23-30-61)76-86(15,77(97)58(6)73(57(68)5)83(88,11)12)56(4)49-69-87(76,53-105-69)109-59(7)93/h18-23,27-31,54-56,58,63-69,74-76,78,101H,24-26,32-53H2,1-17H3,(H2-,89,90,91,94,95,100)/p+1/t55-,56+,58-,63+,64?,65-,66?,67?,68+,69-,74+,75-,76+,78+,84+,85-,86-,87+,88-/m1/s1. The van der Waals surface area contributed by atoms with Gasteiger partial charge in [0.25, 0.3) is 5.91 Å². The van der Waals surface area contributed by atoms with Crippen LogP contribution < -0.4 is 16.0 Å². The van der Waals surface area contributed by atoms with Gasteiger partial charge >= 0.3 is 30.0 Å². The molecule has 5 saturated carbocycles. The second kappa shape index (κ2) is 35.0. The molecule has 0 aromatic heterocycles. The fourth-order valence-electron chi connectivity index (χ4n) is 21.6. The molecule has 3 amide bonds. The SMILES string of the molecule is CC(=O)O[C@@]12CO[C@@H]1C[C@H](C)[C@@]1(C)C(=O)[C@H](C)C3=C(C)[C@@H](OC(=O)[C@H](OC(=O)CCC(=O)NCCOCCOCCNC(=O)C[N+](C)(C)CCO[C@H]4CC[C@@]5(C)C(=CCC6C5CC[C@@]5(C)C6CC[C@@H]5[C@H](C)CCCC(C)C)C4)[C@@H](NC(=O)OC(C)(C)C)c4ccccc4)C[C@@](O)([C@@H](OC(=O)c4ccccc4)[C@H]21)C3(C)C. The molecule has 2 aromatic carbocycles. The molecule has 4 N–H and O–H groups in total. The molecule has 8 aliphatic rings. The van der Waals surface area contributed by atoms with E-state index in [4.69, 9.17) is 42.6 Å². The highest BCUT2D eigenvalue weighted by Gasteiger charge is 2.77. The van der Waals surface area contributed by atoms with Crippen LogP contribution in [0.5, 0.6) is 0 Å². The third-order valence-electron chi connectivity index (χ3n) is 27.5. The summed E-state index contributed by atoms with van der Waals surface area (Å²) < 4.78 is 55.9. The number of amides is 3. The number of fused-ring (bicyclic) bond motifs is 10. The van der Waals surface area contributed by atoms with E-state index in [2.05, 4.69) is 70.7 Å². The van der Waals surface area contributed by atoms with Crippen molar-refractivity contribution in [3.05, 3.63) is 94.6 Å². The minimum Gasteiger partial charge on any atom is -0.455 e. The fourth-order valence-corrected chi connectivity index (χ4v) is 21.6. The van der Waals surface area contributed by atoms with E-state index in [1.165, 1.54) is 64.7 Å². The second-order valence-electron chi connectivity index (χ2n) is 37.0. The van der Waals surface area contributed by atoms with Crippen LogP contribution in [0.15, 0.2) is 83.5 Å². The number of nitrogens with zero attached hydrogens (tertiary/aromatic N) is 1. The van der Waals surface area contributed by atoms with Crippen molar-refractivity contribution in [3.63, 3.8) is 0 Å². The number of rotatable bonds is 32. The van der Waals surface area contributed by atoms with E-state index in [1.54, 1.807) is 122 Å². The second-order valence-corrected chi connectivity index (χ2v) is 37.0. The number of allylic oxidation sites excluding steroid dienone is 1. The molecule has 3 unspecified atom stereocenters. The van der Waals surface area contributed by atoms with Gasteiger partial charge in [0.05, 0.1) is 77.7 Å². The summed E-state index contributed by atoms with van der Waals surface area (Å²) in [5.41, 5.74) is -3.95. The van der Waals surface area contributed by atoms with Crippen molar-refractivity contribution in [1.82, 2.24) is 16.0 Å². The lowest BCUT2D eigenvalue weighted by Crippen LogP contribution is -2.80. The Bertz CT molecular complexity index is 3660. The summed E-state index contributed by atoms with van der Waals surface area (Å²) in [6.07, 6.45) is 9.34. The Labute approximate surface area is 654 Å². The molecule has 2 bridgehead atoms. The maximum Gasteiger partial charge on any atom is 0.408 e. The van der Waals surface area contributed by atoms with Crippen molar-refractivity contribution in [1.29, 1.82) is 0 Å². The van der Waals surface area contributed by atoms with Gasteiger partial charge in [-0.25, -0.2) is 14.4 Å². The molecule has 22 nitrogen and oxygen atoms in total. The molecule has 22 heteroatoms. The summed E-state index contributed by atoms with van der Waals surface area (Å²) in [6.45, 7) is 32.1. The van der Waals surface area contributed by atoms with Gasteiger partial charge in [0.1, 0.15) is 47.9 Å². The van der Waals surface area contributed by atoms with Crippen molar-refractivity contribution in [2.45, 2.75) is 254 Å². The number of likely N-dealkylation sites (N-methyl/N-ethyl adjacent to an activating group) is 1. The molecule has 1 aliphatic heterocycles. The Hall–Kier alpha value is -6.56. The van der Waals surface area contributed by atoms with Crippen LogP contribution in [0.25, 0.3) is 0 Å². The predicted molar refractivity (Wildman–Crippen MR) is 415 cm³/mol. The molecule has 7 aliphatic carbocycles. The quantitative estimate of drug-likeness (QED) is 0.0174. The molecule has 1 saturated heterocycles. The third-order valence-corrected chi connectivity index (χ3v) is 27.5. The van der Waals surface area contributed by atoms with Crippen molar-refractivity contribution in [2.75, 3.05) is 79.9 Å². The number of carbonyl (C=O) groups excluding carboxylic acids is 8. The first-order chi connectivity index (χ1) is 51.8. The van der Waals surface area contributed by atoms with Crippen molar-refractivity contribution < 1.29 is 90.6 Å². The van der Waals surface area contributed by atoms with Crippen LogP contribution in [0.1, 0.15) is 222 Å². The summed E-state index contributed by atoms with van der Waals surface area (Å²) in [7, 11) is 4.12. The van der Waals surface area contributed by atoms with E-state index in [9.17, 15) is 33.9 Å². The lowest BCUT2D eigenvalue weighted by Gasteiger charge is -2.68. The largest absolute Gasteiger partial charge is 0.455 e. The van der Waals surface area contributed by atoms with E-state index in [-0.39, 0.29) is 74.8 Å². The van der Waals surface area contributed by atoms with Crippen molar-refractivity contribution in [2.24, 2.45) is 74.9 Å². The number of hydrogen-bond acceptors (Lipinski definition) is 18. The maximum atomic E-state index is 15.8. The molecule has 6 fully saturated rings. The van der Waals surface area contributed by atoms with Crippen LogP contribution in [-0.4, -0.2) is 184 Å². The zero-order valence-electron chi connectivity index (χ0n) is 69.0. The average molecular weight is 1530 g/mol. The molecular formula is C88H131N4O18+. The van der Waals surface area contributed by atoms with Crippen LogP contribution >= 0.6 is 0 Å². The Morgan fingerprint density at radius 1 is 0.782 bits per heavy atom. The fraction of sp³-hybridized carbons (Fsp3) is 0.727. The van der Waals surface area contributed by atoms with Gasteiger partial charge in [-0.2, -0.15) is 0 Å². The van der Waals surface area contributed by atoms with E-state index < -0.39 is 125 Å². The normalized spacial score (nSPS) is 32.3. The molecule has 2 aromatic rings. The first-order valence-corrected chi connectivity index (χ1v) is 41.1. The van der Waals surface area contributed by atoms with Gasteiger partial charge < -0.3 is 68.2 Å². The highest BCUT2D eigenvalue weighted by Crippen LogP contribution is 2.69. The number of alkyl carbamates (subject to hydrolysis) is 1. The average Bonchev–Trinajstić information content (AvgIpc) is 0.767. The van der Waals surface area contributed by atoms with Gasteiger partial charge in [-0.05, 0) is 167 Å². The topological polar surface area (TPSA) is 276 Å². The molecule has 0 radical (unpaired) electrons. The minimum absolute atomic E-state index is 0.0682. The van der Waals surface area contributed by atoms with Gasteiger partial charge in [0.2, 0.25) is 12.0 Å². The Morgan fingerprint density at radius 2 is 1.45 bits per heavy atom. The highest BCUT2D eigenvalue weighted by molar-refractivity contribution is 5.92. The summed E-state index contributed by atoms with van der Waals surface area (Å²) in [4.78, 5) is 114. The van der Waals surface area contributed by atoms with Crippen LogP contribution in [-0.2, 0) is 71.4 Å². The number of benzene rings is 2. The van der Waals surface area contributed by atoms with E-state index >= 15 is 9.59 Å². The lowest BCUT2D eigenvalue weighted by atomic mass is 9.42. The monoisotopic (exact) mass is 1530 g/mol. The van der Waals surface area contributed by atoms with Crippen molar-refractivity contribution in [3.8, 4) is 0 Å². The number of nitrogens with one attached hydrogen (secondary N) is 3. The minimum atomic E-state index is -2.22. The van der Waals surface area contributed by atoms with E-state index in [0.717, 1.165) is 54.9 Å². The van der Waals surface area contributed by atoms with Crippen LogP contribution in [0.2, 0.25) is 0 Å². The van der Waals surface area contributed by atoms with Crippen LogP contribution in [0.3, 0.4) is 0 Å². The van der Waals surface area contributed by atoms with Crippen molar-refractivity contribution >= 4 is 47.6 Å². The van der Waals surface area contributed by atoms with Crippen LogP contribution in [0.4, 0.5) is 4.79 Å². The number of ether oxygens (including phenoxy) is 9. The zero-order chi connectivity index (χ0) is 80.1. The van der Waals surface area contributed by atoms with Gasteiger partial charge in [-0.3, -0.25) is 24.0 Å². The van der Waals surface area contributed by atoms with Gasteiger partial charge in [-0.1, -0.05) is 149 Å². The number of aliphatic hydroxyl groups is 1. The number of hydrogen-bond donors (Lipinski definition) is 4. The predicted octanol–water partition coefficient (Wildman–Crippen LogP) is 12.9. The number of quaternary nitrogens is 1. The Balaban J connectivity index is 0.695. The molecule has 1 heterocycles. The number of Topliss-reactive ketones (excluding diaryl/α,β-unsaturated/α-hetero) is 1. The first kappa shape index (κ1) is 85.9. The third kappa shape index (κ3) is 18.5.